The van der Waals surface area contributed by atoms with Crippen molar-refractivity contribution in [2.24, 2.45) is 0 Å². The van der Waals surface area contributed by atoms with Gasteiger partial charge in [0.05, 0.1) is 40.8 Å². The fourth-order valence-corrected chi connectivity index (χ4v) is 5.89. The van der Waals surface area contributed by atoms with Crippen LogP contribution in [0, 0.1) is 0 Å². The smallest absolute Gasteiger partial charge is 0.469 e. The van der Waals surface area contributed by atoms with Crippen molar-refractivity contribution in [2.75, 3.05) is 32.1 Å². The Hall–Kier alpha value is -2.64. The van der Waals surface area contributed by atoms with E-state index in [-0.39, 0.29) is 29.5 Å². The van der Waals surface area contributed by atoms with Crippen LogP contribution in [0.2, 0.25) is 5.02 Å². The van der Waals surface area contributed by atoms with Gasteiger partial charge in [-0.1, -0.05) is 37.6 Å². The molecule has 41 heavy (non-hydrogen) atoms. The molecule has 2 heterocycles. The van der Waals surface area contributed by atoms with Gasteiger partial charge in [0.2, 0.25) is 0 Å². The number of hydrogen-bond donors (Lipinski definition) is 3. The highest BCUT2D eigenvalue weighted by Crippen LogP contribution is 2.40. The second-order valence-corrected chi connectivity index (χ2v) is 13.1. The number of aromatic nitrogens is 2. The zero-order valence-electron chi connectivity index (χ0n) is 22.2. The minimum atomic E-state index is -4.77. The van der Waals surface area contributed by atoms with Gasteiger partial charge in [-0.05, 0) is 41.5 Å². The maximum atomic E-state index is 14.9. The first-order chi connectivity index (χ1) is 19.3. The topological polar surface area (TPSA) is 142 Å². The molecule has 15 heteroatoms. The van der Waals surface area contributed by atoms with Gasteiger partial charge in [0.15, 0.2) is 9.84 Å². The number of aromatic amines is 1. The van der Waals surface area contributed by atoms with Crippen molar-refractivity contribution in [2.45, 2.75) is 31.2 Å². The molecule has 2 aromatic carbocycles. The summed E-state index contributed by atoms with van der Waals surface area (Å²) in [6, 6.07) is 8.24. The number of hydrogen-bond acceptors (Lipinski definition) is 7. The average molecular weight is 632 g/mol. The van der Waals surface area contributed by atoms with Crippen LogP contribution in [0.4, 0.5) is 8.78 Å². The normalized spacial score (nSPS) is 13.0. The summed E-state index contributed by atoms with van der Waals surface area (Å²) in [5.41, 5.74) is 2.25. The monoisotopic (exact) mass is 631 g/mol. The first-order valence-electron chi connectivity index (χ1n) is 12.6. The van der Waals surface area contributed by atoms with E-state index in [4.69, 9.17) is 26.1 Å². The molecule has 0 saturated heterocycles. The Bertz CT molecular complexity index is 1710. The van der Waals surface area contributed by atoms with E-state index in [2.05, 4.69) is 14.5 Å². The second kappa shape index (κ2) is 12.3. The van der Waals surface area contributed by atoms with Crippen LogP contribution in [0.15, 0.2) is 53.6 Å². The van der Waals surface area contributed by atoms with Crippen molar-refractivity contribution < 1.29 is 40.8 Å². The van der Waals surface area contributed by atoms with Crippen LogP contribution in [0.25, 0.3) is 33.1 Å². The van der Waals surface area contributed by atoms with Crippen molar-refractivity contribution in [1.29, 1.82) is 0 Å². The predicted molar refractivity (Wildman–Crippen MR) is 152 cm³/mol. The van der Waals surface area contributed by atoms with Gasteiger partial charge in [-0.15, -0.1) is 0 Å². The Morgan fingerprint density at radius 3 is 2.59 bits per heavy atom. The van der Waals surface area contributed by atoms with Crippen molar-refractivity contribution in [3.63, 3.8) is 0 Å². The SMILES string of the molecule is CCN(CCOP(=O)(O)O)C(F)(F)CCOc1ccc(-c2cccc(S(=O)(=O)CC)c2)c2c1[nH]c1ncc(Cl)cc12. The summed E-state index contributed by atoms with van der Waals surface area (Å²) in [7, 11) is -8.23. The van der Waals surface area contributed by atoms with Gasteiger partial charge in [0.1, 0.15) is 11.4 Å². The molecule has 0 bridgehead atoms. The van der Waals surface area contributed by atoms with Crippen LogP contribution in [0.1, 0.15) is 20.3 Å². The Labute approximate surface area is 240 Å². The van der Waals surface area contributed by atoms with Gasteiger partial charge >= 0.3 is 13.9 Å². The average Bonchev–Trinajstić information content (AvgIpc) is 3.29. The molecule has 0 radical (unpaired) electrons. The van der Waals surface area contributed by atoms with Crippen LogP contribution in [-0.4, -0.2) is 71.2 Å². The molecule has 0 saturated carbocycles. The van der Waals surface area contributed by atoms with Crippen LogP contribution in [0.3, 0.4) is 0 Å². The van der Waals surface area contributed by atoms with Crippen molar-refractivity contribution in [3.05, 3.63) is 53.7 Å². The van der Waals surface area contributed by atoms with E-state index in [1.165, 1.54) is 19.2 Å². The van der Waals surface area contributed by atoms with Crippen LogP contribution in [-0.2, 0) is 18.9 Å². The lowest BCUT2D eigenvalue weighted by Crippen LogP contribution is -2.44. The van der Waals surface area contributed by atoms with Crippen LogP contribution < -0.4 is 4.74 Å². The Balaban J connectivity index is 1.65. The molecule has 0 spiro atoms. The van der Waals surface area contributed by atoms with Crippen LogP contribution in [0.5, 0.6) is 5.75 Å². The lowest BCUT2D eigenvalue weighted by Gasteiger charge is -2.30. The zero-order chi connectivity index (χ0) is 30.0. The molecule has 4 aromatic rings. The fraction of sp³-hybridized carbons (Fsp3) is 0.346. The molecule has 2 aromatic heterocycles. The number of sulfone groups is 1. The van der Waals surface area contributed by atoms with E-state index in [1.807, 2.05) is 0 Å². The molecule has 222 valence electrons. The Kier molecular flexibility index (Phi) is 9.39. The molecule has 10 nitrogen and oxygen atoms in total. The molecule has 4 rings (SSSR count). The fourth-order valence-electron chi connectivity index (χ4n) is 4.48. The number of halogens is 3. The number of rotatable bonds is 13. The molecule has 0 amide bonds. The van der Waals surface area contributed by atoms with Crippen molar-refractivity contribution in [1.82, 2.24) is 14.9 Å². The molecule has 0 aliphatic carbocycles. The summed E-state index contributed by atoms with van der Waals surface area (Å²) < 4.78 is 75.8. The highest BCUT2D eigenvalue weighted by atomic mass is 35.5. The number of likely N-dealkylation sites (N-methyl/N-ethyl adjacent to an activating group) is 1. The van der Waals surface area contributed by atoms with Gasteiger partial charge in [0, 0.05) is 30.1 Å². The first kappa shape index (κ1) is 31.3. The van der Waals surface area contributed by atoms with E-state index in [9.17, 15) is 21.8 Å². The zero-order valence-corrected chi connectivity index (χ0v) is 24.6. The number of phosphoric acid groups is 1. The van der Waals surface area contributed by atoms with Crippen molar-refractivity contribution >= 4 is 51.2 Å². The molecule has 0 aliphatic heterocycles. The predicted octanol–water partition coefficient (Wildman–Crippen LogP) is 5.62. The highest BCUT2D eigenvalue weighted by molar-refractivity contribution is 7.91. The number of nitrogens with one attached hydrogen (secondary N) is 1. The van der Waals surface area contributed by atoms with E-state index >= 15 is 0 Å². The lowest BCUT2D eigenvalue weighted by atomic mass is 9.99. The summed E-state index contributed by atoms with van der Waals surface area (Å²) >= 11 is 6.23. The number of alkyl halides is 2. The Morgan fingerprint density at radius 1 is 1.15 bits per heavy atom. The van der Waals surface area contributed by atoms with Gasteiger partial charge in [-0.25, -0.2) is 22.9 Å². The summed E-state index contributed by atoms with van der Waals surface area (Å²) in [5, 5.41) is 1.65. The van der Waals surface area contributed by atoms with Gasteiger partial charge in [-0.3, -0.25) is 4.52 Å². The standard InChI is InChI=1S/C26H29ClF2N3O7PS/c1-3-32(11-13-39-40(33,34)35)26(28,29)10-12-38-22-9-8-20(17-6-5-7-19(14-17)41(36,37)4-2)23-21-15-18(27)16-30-25(21)31-24(22)23/h5-9,14-16H,3-4,10-13H2,1-2H3,(H,30,31)(H2,33,34,35). The molecule has 0 atom stereocenters. The van der Waals surface area contributed by atoms with E-state index in [1.54, 1.807) is 43.3 Å². The first-order valence-corrected chi connectivity index (χ1v) is 16.2. The third-order valence-corrected chi connectivity index (χ3v) is 9.00. The number of pyridine rings is 1. The van der Waals surface area contributed by atoms with E-state index in [0.717, 1.165) is 4.90 Å². The van der Waals surface area contributed by atoms with Gasteiger partial charge in [0.25, 0.3) is 0 Å². The summed E-state index contributed by atoms with van der Waals surface area (Å²) in [6.07, 6.45) is 0.755. The number of ether oxygens (including phenoxy) is 1. The summed E-state index contributed by atoms with van der Waals surface area (Å²) in [5.74, 6) is 0.223. The summed E-state index contributed by atoms with van der Waals surface area (Å²) in [4.78, 5) is 26.0. The van der Waals surface area contributed by atoms with E-state index < -0.39 is 43.3 Å². The highest BCUT2D eigenvalue weighted by Gasteiger charge is 2.36. The third-order valence-electron chi connectivity index (χ3n) is 6.54. The van der Waals surface area contributed by atoms with Crippen LogP contribution >= 0.6 is 19.4 Å². The third kappa shape index (κ3) is 7.23. The summed E-state index contributed by atoms with van der Waals surface area (Å²) in [6.45, 7) is 1.64. The number of nitrogens with zero attached hydrogens (tertiary/aromatic N) is 2. The number of benzene rings is 2. The van der Waals surface area contributed by atoms with Gasteiger partial charge < -0.3 is 19.5 Å². The molecular formula is C26H29ClF2N3O7PS. The number of fused-ring (bicyclic) bond motifs is 3. The second-order valence-electron chi connectivity index (χ2n) is 9.13. The Morgan fingerprint density at radius 2 is 1.90 bits per heavy atom. The molecule has 0 unspecified atom stereocenters. The quantitative estimate of drug-likeness (QED) is 0.127. The number of H-pyrrole nitrogens is 1. The van der Waals surface area contributed by atoms with Gasteiger partial charge in [-0.2, -0.15) is 8.78 Å². The maximum absolute atomic E-state index is 14.9. The minimum absolute atomic E-state index is 0.0535. The molecular weight excluding hydrogens is 603 g/mol. The molecule has 0 aliphatic rings. The maximum Gasteiger partial charge on any atom is 0.469 e. The lowest BCUT2D eigenvalue weighted by molar-refractivity contribution is -0.156. The molecule has 3 N–H and O–H groups in total. The number of phosphoric ester groups is 1. The van der Waals surface area contributed by atoms with E-state index in [0.29, 0.717) is 38.1 Å². The molecule has 0 fully saturated rings. The van der Waals surface area contributed by atoms with Crippen molar-refractivity contribution in [3.8, 4) is 16.9 Å². The largest absolute Gasteiger partial charge is 0.491 e. The minimum Gasteiger partial charge on any atom is -0.491 e.